The van der Waals surface area contributed by atoms with Gasteiger partial charge in [0.15, 0.2) is 0 Å². The van der Waals surface area contributed by atoms with Crippen LogP contribution in [0.5, 0.6) is 0 Å². The summed E-state index contributed by atoms with van der Waals surface area (Å²) in [5.74, 6) is -0.399. The summed E-state index contributed by atoms with van der Waals surface area (Å²) in [5, 5.41) is 5.22. The Bertz CT molecular complexity index is 1260. The lowest BCUT2D eigenvalue weighted by atomic mass is 10.0. The van der Waals surface area contributed by atoms with Crippen LogP contribution in [0.2, 0.25) is 0 Å². The zero-order chi connectivity index (χ0) is 21.8. The third kappa shape index (κ3) is 4.89. The van der Waals surface area contributed by atoms with Crippen molar-refractivity contribution >= 4 is 23.0 Å². The van der Waals surface area contributed by atoms with E-state index in [1.165, 1.54) is 17.7 Å². The van der Waals surface area contributed by atoms with Crippen molar-refractivity contribution in [1.29, 1.82) is 0 Å². The first-order valence-electron chi connectivity index (χ1n) is 10.2. The van der Waals surface area contributed by atoms with Crippen molar-refractivity contribution in [1.82, 2.24) is 9.99 Å². The number of nitrogens with one attached hydrogen (secondary N) is 1. The van der Waals surface area contributed by atoms with Gasteiger partial charge in [0, 0.05) is 29.2 Å². The first kappa shape index (κ1) is 20.5. The van der Waals surface area contributed by atoms with Gasteiger partial charge in [0.2, 0.25) is 5.91 Å². The zero-order valence-corrected chi connectivity index (χ0v) is 17.6. The summed E-state index contributed by atoms with van der Waals surface area (Å²) in [6, 6.07) is 20.6. The van der Waals surface area contributed by atoms with Crippen molar-refractivity contribution in [2.75, 3.05) is 0 Å². The molecule has 0 saturated carbocycles. The average Bonchev–Trinajstić information content (AvgIpc) is 3.09. The van der Waals surface area contributed by atoms with Crippen LogP contribution in [-0.4, -0.2) is 16.7 Å². The fraction of sp³-hybridized carbons (Fsp3) is 0.154. The van der Waals surface area contributed by atoms with Gasteiger partial charge in [-0.25, -0.2) is 9.82 Å². The Kier molecular flexibility index (Phi) is 5.94. The molecule has 4 nitrogen and oxygen atoms in total. The number of carbonyl (C=O) groups is 1. The van der Waals surface area contributed by atoms with Crippen molar-refractivity contribution < 1.29 is 9.18 Å². The fourth-order valence-corrected chi connectivity index (χ4v) is 3.73. The predicted octanol–water partition coefficient (Wildman–Crippen LogP) is 5.14. The minimum Gasteiger partial charge on any atom is -0.342 e. The molecule has 4 aromatic rings. The molecule has 0 saturated heterocycles. The van der Waals surface area contributed by atoms with Gasteiger partial charge in [0.05, 0.1) is 12.6 Å². The first-order chi connectivity index (χ1) is 15.0. The van der Waals surface area contributed by atoms with Gasteiger partial charge in [-0.05, 0) is 48.7 Å². The molecule has 0 aliphatic rings. The normalized spacial score (nSPS) is 11.3. The van der Waals surface area contributed by atoms with Gasteiger partial charge in [-0.1, -0.05) is 54.1 Å². The number of halogens is 1. The number of aryl methyl sites for hydroxylation is 2. The number of carbonyl (C=O) groups excluding carboxylic acids is 1. The van der Waals surface area contributed by atoms with Crippen LogP contribution < -0.4 is 5.43 Å². The highest BCUT2D eigenvalue weighted by Crippen LogP contribution is 2.21. The monoisotopic (exact) mass is 413 g/mol. The number of amides is 1. The second-order valence-corrected chi connectivity index (χ2v) is 7.76. The Labute approximate surface area is 181 Å². The summed E-state index contributed by atoms with van der Waals surface area (Å²) in [4.78, 5) is 12.3. The minimum absolute atomic E-state index is 0.154. The molecule has 0 atom stereocenters. The Hall–Kier alpha value is -3.73. The van der Waals surface area contributed by atoms with E-state index in [9.17, 15) is 9.18 Å². The van der Waals surface area contributed by atoms with Crippen LogP contribution in [0.4, 0.5) is 4.39 Å². The highest BCUT2D eigenvalue weighted by Gasteiger charge is 2.08. The number of fused-ring (bicyclic) bond motifs is 1. The highest BCUT2D eigenvalue weighted by atomic mass is 19.1. The number of rotatable bonds is 6. The van der Waals surface area contributed by atoms with E-state index in [2.05, 4.69) is 21.2 Å². The summed E-state index contributed by atoms with van der Waals surface area (Å²) < 4.78 is 15.3. The van der Waals surface area contributed by atoms with Crippen LogP contribution in [0.1, 0.15) is 27.8 Å². The third-order valence-electron chi connectivity index (χ3n) is 5.33. The first-order valence-corrected chi connectivity index (χ1v) is 10.2. The van der Waals surface area contributed by atoms with Gasteiger partial charge >= 0.3 is 0 Å². The largest absolute Gasteiger partial charge is 0.342 e. The van der Waals surface area contributed by atoms with E-state index >= 15 is 0 Å². The Balaban J connectivity index is 1.49. The molecular weight excluding hydrogens is 389 g/mol. The summed E-state index contributed by atoms with van der Waals surface area (Å²) in [5.41, 5.74) is 8.87. The maximum absolute atomic E-state index is 13.2. The molecule has 1 N–H and O–H groups in total. The van der Waals surface area contributed by atoms with Crippen LogP contribution in [0.3, 0.4) is 0 Å². The molecule has 1 heterocycles. The molecule has 5 heteroatoms. The molecular formula is C26H24FN3O. The SMILES string of the molecule is Cc1ccc(CC(=O)N/N=C\c2cn(Cc3ccc(F)cc3)c3ccccc23)c(C)c1. The minimum atomic E-state index is -0.245. The summed E-state index contributed by atoms with van der Waals surface area (Å²) in [6.45, 7) is 4.66. The molecule has 0 aliphatic heterocycles. The van der Waals surface area contributed by atoms with E-state index in [0.717, 1.165) is 33.2 Å². The summed E-state index contributed by atoms with van der Waals surface area (Å²) >= 11 is 0. The smallest absolute Gasteiger partial charge is 0.244 e. The molecule has 1 aromatic heterocycles. The summed E-state index contributed by atoms with van der Waals surface area (Å²) in [6.07, 6.45) is 3.95. The molecule has 0 spiro atoms. The van der Waals surface area contributed by atoms with Gasteiger partial charge < -0.3 is 4.57 Å². The summed E-state index contributed by atoms with van der Waals surface area (Å²) in [7, 11) is 0. The maximum atomic E-state index is 13.2. The van der Waals surface area contributed by atoms with Crippen molar-refractivity contribution in [2.45, 2.75) is 26.8 Å². The highest BCUT2D eigenvalue weighted by molar-refractivity contribution is 5.99. The average molecular weight is 413 g/mol. The van der Waals surface area contributed by atoms with Crippen molar-refractivity contribution in [3.63, 3.8) is 0 Å². The van der Waals surface area contributed by atoms with Gasteiger partial charge in [-0.15, -0.1) is 0 Å². The Morgan fingerprint density at radius 3 is 2.61 bits per heavy atom. The van der Waals surface area contributed by atoms with E-state index in [0.29, 0.717) is 6.54 Å². The second kappa shape index (κ2) is 8.96. The standard InChI is InChI=1S/C26H24FN3O/c1-18-7-10-21(19(2)13-18)14-26(31)29-28-15-22-17-30(25-6-4-3-5-24(22)25)16-20-8-11-23(27)12-9-20/h3-13,15,17H,14,16H2,1-2H3,(H,29,31)/b28-15-. The molecule has 31 heavy (non-hydrogen) atoms. The van der Waals surface area contributed by atoms with E-state index < -0.39 is 0 Å². The lowest BCUT2D eigenvalue weighted by molar-refractivity contribution is -0.120. The van der Waals surface area contributed by atoms with Gasteiger partial charge in [-0.2, -0.15) is 5.10 Å². The second-order valence-electron chi connectivity index (χ2n) is 7.76. The number of para-hydroxylation sites is 1. The molecule has 0 radical (unpaired) electrons. The number of benzene rings is 3. The molecule has 3 aromatic carbocycles. The van der Waals surface area contributed by atoms with Crippen LogP contribution in [0, 0.1) is 19.7 Å². The van der Waals surface area contributed by atoms with E-state index in [1.54, 1.807) is 18.3 Å². The quantitative estimate of drug-likeness (QED) is 0.345. The van der Waals surface area contributed by atoms with E-state index in [-0.39, 0.29) is 18.1 Å². The zero-order valence-electron chi connectivity index (χ0n) is 17.6. The number of aromatic nitrogens is 1. The third-order valence-corrected chi connectivity index (χ3v) is 5.33. The lowest BCUT2D eigenvalue weighted by Crippen LogP contribution is -2.20. The number of hydrazone groups is 1. The molecule has 4 rings (SSSR count). The van der Waals surface area contributed by atoms with Gasteiger partial charge in [-0.3, -0.25) is 4.79 Å². The Morgan fingerprint density at radius 2 is 1.84 bits per heavy atom. The van der Waals surface area contributed by atoms with Crippen molar-refractivity contribution in [2.24, 2.45) is 5.10 Å². The van der Waals surface area contributed by atoms with Gasteiger partial charge in [0.1, 0.15) is 5.82 Å². The van der Waals surface area contributed by atoms with Crippen molar-refractivity contribution in [3.05, 3.63) is 107 Å². The number of nitrogens with zero attached hydrogens (tertiary/aromatic N) is 2. The molecule has 0 bridgehead atoms. The molecule has 156 valence electrons. The maximum Gasteiger partial charge on any atom is 0.244 e. The fourth-order valence-electron chi connectivity index (χ4n) is 3.73. The molecule has 0 aliphatic carbocycles. The molecule has 1 amide bonds. The molecule has 0 unspecified atom stereocenters. The van der Waals surface area contributed by atoms with E-state index in [4.69, 9.17) is 0 Å². The van der Waals surface area contributed by atoms with E-state index in [1.807, 2.05) is 56.4 Å². The van der Waals surface area contributed by atoms with Crippen molar-refractivity contribution in [3.8, 4) is 0 Å². The lowest BCUT2D eigenvalue weighted by Gasteiger charge is -2.05. The predicted molar refractivity (Wildman–Crippen MR) is 123 cm³/mol. The van der Waals surface area contributed by atoms with Gasteiger partial charge in [0.25, 0.3) is 0 Å². The number of hydrogen-bond donors (Lipinski definition) is 1. The number of hydrogen-bond acceptors (Lipinski definition) is 2. The van der Waals surface area contributed by atoms with Crippen LogP contribution in [-0.2, 0) is 17.8 Å². The molecule has 0 fully saturated rings. The van der Waals surface area contributed by atoms with Crippen LogP contribution >= 0.6 is 0 Å². The topological polar surface area (TPSA) is 46.4 Å². The van der Waals surface area contributed by atoms with Crippen LogP contribution in [0.15, 0.2) is 78.0 Å². The van der Waals surface area contributed by atoms with Crippen LogP contribution in [0.25, 0.3) is 10.9 Å². The Morgan fingerprint density at radius 1 is 1.06 bits per heavy atom.